The van der Waals surface area contributed by atoms with Crippen LogP contribution in [0, 0.1) is 0 Å². The van der Waals surface area contributed by atoms with Crippen molar-refractivity contribution in [1.29, 1.82) is 0 Å². The van der Waals surface area contributed by atoms with Gasteiger partial charge in [0.1, 0.15) is 0 Å². The van der Waals surface area contributed by atoms with Crippen LogP contribution in [0.1, 0.15) is 19.8 Å². The Hall–Kier alpha value is -1.12. The summed E-state index contributed by atoms with van der Waals surface area (Å²) in [7, 11) is 2.70. The number of hydrogen-bond donors (Lipinski definition) is 2. The zero-order chi connectivity index (χ0) is 13.4. The molecule has 1 saturated heterocycles. The molecule has 18 heavy (non-hydrogen) atoms. The molecular weight excluding hydrogens is 245 g/mol. The molecule has 100 valence electrons. The molecule has 0 aromatic heterocycles. The lowest BCUT2D eigenvalue weighted by Gasteiger charge is -2.29. The monoisotopic (exact) mass is 267 g/mol. The summed E-state index contributed by atoms with van der Waals surface area (Å²) in [5.74, 6) is 0. The summed E-state index contributed by atoms with van der Waals surface area (Å²) in [5.41, 5.74) is 0.744. The van der Waals surface area contributed by atoms with Crippen molar-refractivity contribution in [2.75, 3.05) is 13.1 Å². The second-order valence-corrected chi connectivity index (χ2v) is 5.00. The van der Waals surface area contributed by atoms with Crippen molar-refractivity contribution >= 4 is 15.4 Å². The average molecular weight is 267 g/mol. The van der Waals surface area contributed by atoms with Crippen molar-refractivity contribution in [3.05, 3.63) is 36.6 Å². The maximum Gasteiger partial charge on any atom is 0.319 e. The van der Waals surface area contributed by atoms with Gasteiger partial charge in [0.25, 0.3) is 0 Å². The molecule has 1 fully saturated rings. The first kappa shape index (κ1) is 14.9. The summed E-state index contributed by atoms with van der Waals surface area (Å²) in [4.78, 5) is 11.8. The van der Waals surface area contributed by atoms with E-state index in [-0.39, 0.29) is 12.1 Å². The molecule has 1 aliphatic rings. The Morgan fingerprint density at radius 3 is 2.67 bits per heavy atom. The van der Waals surface area contributed by atoms with Crippen LogP contribution in [0.4, 0.5) is 4.79 Å². The molecule has 0 radical (unpaired) electrons. The smallest absolute Gasteiger partial charge is 0.319 e. The van der Waals surface area contributed by atoms with Crippen LogP contribution in [0.5, 0.6) is 0 Å². The van der Waals surface area contributed by atoms with Crippen LogP contribution in [0.15, 0.2) is 36.6 Å². The standard InChI is InChI=1S/C13H22N3OP/c1-3-5-11(6-4-2)14-13(17)15-12-7-9-16(18)10-8-12/h3-6,12H,1,7-10,18H2,2H3,(H2,14,15,17)/b6-4-,11-5+. The minimum Gasteiger partial charge on any atom is -0.335 e. The Balaban J connectivity index is 2.40. The van der Waals surface area contributed by atoms with Crippen LogP contribution in [0.3, 0.4) is 0 Å². The van der Waals surface area contributed by atoms with Gasteiger partial charge in [0.15, 0.2) is 0 Å². The van der Waals surface area contributed by atoms with Gasteiger partial charge in [-0.05, 0) is 31.9 Å². The lowest BCUT2D eigenvalue weighted by Crippen LogP contribution is -2.45. The van der Waals surface area contributed by atoms with E-state index < -0.39 is 0 Å². The highest BCUT2D eigenvalue weighted by atomic mass is 31.0. The molecule has 1 rings (SSSR count). The van der Waals surface area contributed by atoms with Gasteiger partial charge in [-0.2, -0.15) is 0 Å². The molecule has 1 aliphatic heterocycles. The first-order valence-electron chi connectivity index (χ1n) is 6.18. The summed E-state index contributed by atoms with van der Waals surface area (Å²) in [6, 6.07) is 0.112. The Labute approximate surface area is 111 Å². The molecule has 1 unspecified atom stereocenters. The fourth-order valence-corrected chi connectivity index (χ4v) is 2.14. The van der Waals surface area contributed by atoms with E-state index in [2.05, 4.69) is 31.3 Å². The molecule has 0 spiro atoms. The molecule has 0 saturated carbocycles. The number of urea groups is 1. The van der Waals surface area contributed by atoms with Gasteiger partial charge >= 0.3 is 6.03 Å². The number of amides is 2. The number of allylic oxidation sites excluding steroid dienone is 4. The SMILES string of the molecule is C=C/C=C(\C=C/C)NC(=O)NC1CCN(P)CC1. The molecule has 0 aromatic carbocycles. The van der Waals surface area contributed by atoms with Crippen molar-refractivity contribution in [2.45, 2.75) is 25.8 Å². The summed E-state index contributed by atoms with van der Waals surface area (Å²) in [6.45, 7) is 7.53. The van der Waals surface area contributed by atoms with E-state index in [1.54, 1.807) is 12.2 Å². The number of rotatable bonds is 4. The zero-order valence-electron chi connectivity index (χ0n) is 10.9. The summed E-state index contributed by atoms with van der Waals surface area (Å²) < 4.78 is 2.19. The van der Waals surface area contributed by atoms with Crippen LogP contribution in [0.25, 0.3) is 0 Å². The summed E-state index contributed by atoms with van der Waals surface area (Å²) >= 11 is 0. The molecule has 2 amide bonds. The van der Waals surface area contributed by atoms with E-state index in [0.29, 0.717) is 0 Å². The first-order chi connectivity index (χ1) is 8.65. The number of piperidine rings is 1. The summed E-state index contributed by atoms with van der Waals surface area (Å²) in [6.07, 6.45) is 9.12. The Bertz CT molecular complexity index is 344. The number of carbonyl (C=O) groups is 1. The fraction of sp³-hybridized carbons (Fsp3) is 0.462. The molecule has 0 bridgehead atoms. The molecule has 0 aliphatic carbocycles. The van der Waals surface area contributed by atoms with Gasteiger partial charge in [-0.15, -0.1) is 0 Å². The average Bonchev–Trinajstić information content (AvgIpc) is 2.33. The normalized spacial score (nSPS) is 18.9. The van der Waals surface area contributed by atoms with Crippen LogP contribution in [-0.4, -0.2) is 29.8 Å². The van der Waals surface area contributed by atoms with Gasteiger partial charge in [-0.25, -0.2) is 4.79 Å². The number of nitrogens with one attached hydrogen (secondary N) is 2. The van der Waals surface area contributed by atoms with Crippen LogP contribution in [0.2, 0.25) is 0 Å². The van der Waals surface area contributed by atoms with Crippen molar-refractivity contribution in [3.8, 4) is 0 Å². The maximum absolute atomic E-state index is 11.8. The highest BCUT2D eigenvalue weighted by Crippen LogP contribution is 2.13. The summed E-state index contributed by atoms with van der Waals surface area (Å²) in [5, 5.41) is 5.80. The van der Waals surface area contributed by atoms with Gasteiger partial charge in [0.2, 0.25) is 0 Å². The van der Waals surface area contributed by atoms with Crippen molar-refractivity contribution in [3.63, 3.8) is 0 Å². The van der Waals surface area contributed by atoms with Gasteiger partial charge in [0.05, 0.1) is 0 Å². The molecule has 0 aromatic rings. The van der Waals surface area contributed by atoms with E-state index in [4.69, 9.17) is 0 Å². The quantitative estimate of drug-likeness (QED) is 0.606. The van der Waals surface area contributed by atoms with Crippen molar-refractivity contribution in [1.82, 2.24) is 15.3 Å². The van der Waals surface area contributed by atoms with Gasteiger partial charge < -0.3 is 10.6 Å². The molecule has 4 nitrogen and oxygen atoms in total. The second-order valence-electron chi connectivity index (χ2n) is 4.27. The predicted octanol–water partition coefficient (Wildman–Crippen LogP) is 2.19. The third-order valence-electron chi connectivity index (χ3n) is 2.77. The van der Waals surface area contributed by atoms with E-state index >= 15 is 0 Å². The van der Waals surface area contributed by atoms with E-state index in [1.807, 2.05) is 19.1 Å². The lowest BCUT2D eigenvalue weighted by atomic mass is 10.1. The topological polar surface area (TPSA) is 44.4 Å². The fourth-order valence-electron chi connectivity index (χ4n) is 1.84. The highest BCUT2D eigenvalue weighted by Gasteiger charge is 2.18. The molecule has 5 heteroatoms. The number of hydrogen-bond acceptors (Lipinski definition) is 2. The molecular formula is C13H22N3OP. The van der Waals surface area contributed by atoms with Gasteiger partial charge in [0, 0.05) is 24.8 Å². The van der Waals surface area contributed by atoms with E-state index in [1.165, 1.54) is 0 Å². The Kier molecular flexibility index (Phi) is 6.69. The largest absolute Gasteiger partial charge is 0.335 e. The van der Waals surface area contributed by atoms with Crippen LogP contribution >= 0.6 is 9.39 Å². The zero-order valence-corrected chi connectivity index (χ0v) is 12.0. The predicted molar refractivity (Wildman–Crippen MR) is 79.1 cm³/mol. The minimum absolute atomic E-state index is 0.150. The third-order valence-corrected chi connectivity index (χ3v) is 3.28. The first-order valence-corrected chi connectivity index (χ1v) is 6.70. The van der Waals surface area contributed by atoms with Gasteiger partial charge in [-0.1, -0.05) is 28.1 Å². The van der Waals surface area contributed by atoms with Crippen LogP contribution < -0.4 is 10.6 Å². The van der Waals surface area contributed by atoms with Crippen LogP contribution in [-0.2, 0) is 0 Å². The maximum atomic E-state index is 11.8. The number of nitrogens with zero attached hydrogens (tertiary/aromatic N) is 1. The third kappa shape index (κ3) is 5.48. The number of carbonyl (C=O) groups excluding carboxylic acids is 1. The van der Waals surface area contributed by atoms with Crippen molar-refractivity contribution < 1.29 is 4.79 Å². The second kappa shape index (κ2) is 8.06. The molecule has 2 N–H and O–H groups in total. The Morgan fingerprint density at radius 1 is 1.44 bits per heavy atom. The van der Waals surface area contributed by atoms with E-state index in [9.17, 15) is 4.79 Å². The van der Waals surface area contributed by atoms with Gasteiger partial charge in [-0.3, -0.25) is 4.67 Å². The lowest BCUT2D eigenvalue weighted by molar-refractivity contribution is 0.231. The highest BCUT2D eigenvalue weighted by molar-refractivity contribution is 7.13. The van der Waals surface area contributed by atoms with Crippen molar-refractivity contribution in [2.24, 2.45) is 0 Å². The Morgan fingerprint density at radius 2 is 2.11 bits per heavy atom. The molecule has 1 atom stereocenters. The minimum atomic E-state index is -0.150. The molecule has 1 heterocycles. The van der Waals surface area contributed by atoms with E-state index in [0.717, 1.165) is 31.6 Å².